The molecule has 0 spiro atoms. The van der Waals surface area contributed by atoms with Crippen LogP contribution in [-0.4, -0.2) is 17.7 Å². The Morgan fingerprint density at radius 2 is 1.81 bits per heavy atom. The van der Waals surface area contributed by atoms with Gasteiger partial charge in [-0.05, 0) is 48.9 Å². The average molecular weight is 347 g/mol. The van der Waals surface area contributed by atoms with Gasteiger partial charge in [0.05, 0.1) is 11.9 Å². The molecule has 130 valence electrons. The van der Waals surface area contributed by atoms with Crippen molar-refractivity contribution in [2.24, 2.45) is 0 Å². The number of ether oxygens (including phenoxy) is 2. The number of anilines is 3. The maximum atomic E-state index is 12.4. The number of aromatic nitrogens is 1. The molecule has 2 N–H and O–H groups in total. The molecule has 0 bridgehead atoms. The lowest BCUT2D eigenvalue weighted by atomic mass is 10.2. The second-order valence-electron chi connectivity index (χ2n) is 5.95. The lowest BCUT2D eigenvalue weighted by Gasteiger charge is -2.08. The molecule has 1 aliphatic rings. The lowest BCUT2D eigenvalue weighted by molar-refractivity contribution is 0.102. The van der Waals surface area contributed by atoms with Crippen molar-refractivity contribution in [3.63, 3.8) is 0 Å². The first kappa shape index (κ1) is 16.0. The second kappa shape index (κ2) is 6.76. The van der Waals surface area contributed by atoms with E-state index in [1.165, 1.54) is 5.56 Å². The van der Waals surface area contributed by atoms with E-state index in [4.69, 9.17) is 9.47 Å². The number of carbonyl (C=O) groups excluding carboxylic acids is 1. The van der Waals surface area contributed by atoms with E-state index in [0.29, 0.717) is 22.9 Å². The first-order chi connectivity index (χ1) is 12.7. The number of rotatable bonds is 4. The van der Waals surface area contributed by atoms with E-state index < -0.39 is 0 Å². The molecule has 1 amide bonds. The zero-order valence-electron chi connectivity index (χ0n) is 14.2. The van der Waals surface area contributed by atoms with Gasteiger partial charge in [0.25, 0.3) is 5.91 Å². The van der Waals surface area contributed by atoms with Crippen LogP contribution < -0.4 is 20.1 Å². The van der Waals surface area contributed by atoms with Gasteiger partial charge in [-0.3, -0.25) is 4.79 Å². The predicted octanol–water partition coefficient (Wildman–Crippen LogP) is 4.11. The molecule has 26 heavy (non-hydrogen) atoms. The topological polar surface area (TPSA) is 72.5 Å². The SMILES string of the molecule is Cc1cccc(Nc2ccc(C(=O)Nc3ccc4c(c3)OCO4)nc2)c1. The summed E-state index contributed by atoms with van der Waals surface area (Å²) in [6, 6.07) is 16.8. The molecular weight excluding hydrogens is 330 g/mol. The van der Waals surface area contributed by atoms with Crippen molar-refractivity contribution in [1.29, 1.82) is 0 Å². The van der Waals surface area contributed by atoms with Gasteiger partial charge in [0.1, 0.15) is 5.69 Å². The number of hydrogen-bond donors (Lipinski definition) is 2. The van der Waals surface area contributed by atoms with E-state index >= 15 is 0 Å². The third-order valence-corrected chi connectivity index (χ3v) is 3.93. The van der Waals surface area contributed by atoms with E-state index in [9.17, 15) is 4.79 Å². The highest BCUT2D eigenvalue weighted by molar-refractivity contribution is 6.03. The number of nitrogens with zero attached hydrogens (tertiary/aromatic N) is 1. The summed E-state index contributed by atoms with van der Waals surface area (Å²) in [6.07, 6.45) is 1.64. The van der Waals surface area contributed by atoms with Crippen LogP contribution in [0.2, 0.25) is 0 Å². The van der Waals surface area contributed by atoms with Gasteiger partial charge in [-0.1, -0.05) is 12.1 Å². The standard InChI is InChI=1S/C20H17N3O3/c1-13-3-2-4-14(9-13)22-16-5-7-17(21-11-16)20(24)23-15-6-8-18-19(10-15)26-12-25-18/h2-11,22H,12H2,1H3,(H,23,24). The van der Waals surface area contributed by atoms with Crippen LogP contribution in [-0.2, 0) is 0 Å². The Bertz CT molecular complexity index is 955. The van der Waals surface area contributed by atoms with E-state index in [1.807, 2.05) is 37.3 Å². The Morgan fingerprint density at radius 1 is 0.962 bits per heavy atom. The number of benzene rings is 2. The van der Waals surface area contributed by atoms with Crippen LogP contribution >= 0.6 is 0 Å². The van der Waals surface area contributed by atoms with E-state index in [0.717, 1.165) is 11.4 Å². The van der Waals surface area contributed by atoms with Crippen molar-refractivity contribution in [3.8, 4) is 11.5 Å². The van der Waals surface area contributed by atoms with Crippen molar-refractivity contribution in [3.05, 3.63) is 72.1 Å². The van der Waals surface area contributed by atoms with Gasteiger partial charge in [-0.15, -0.1) is 0 Å². The summed E-state index contributed by atoms with van der Waals surface area (Å²) in [4.78, 5) is 16.6. The molecule has 0 saturated carbocycles. The van der Waals surface area contributed by atoms with E-state index in [-0.39, 0.29) is 12.7 Å². The van der Waals surface area contributed by atoms with Crippen molar-refractivity contribution in [2.75, 3.05) is 17.4 Å². The maximum absolute atomic E-state index is 12.4. The van der Waals surface area contributed by atoms with Crippen molar-refractivity contribution in [1.82, 2.24) is 4.98 Å². The molecule has 1 aromatic heterocycles. The normalized spacial score (nSPS) is 11.9. The maximum Gasteiger partial charge on any atom is 0.274 e. The molecular formula is C20H17N3O3. The molecule has 6 nitrogen and oxygen atoms in total. The number of pyridine rings is 1. The zero-order valence-corrected chi connectivity index (χ0v) is 14.2. The number of nitrogens with one attached hydrogen (secondary N) is 2. The minimum Gasteiger partial charge on any atom is -0.454 e. The van der Waals surface area contributed by atoms with Crippen LogP contribution in [0, 0.1) is 6.92 Å². The van der Waals surface area contributed by atoms with Gasteiger partial charge >= 0.3 is 0 Å². The van der Waals surface area contributed by atoms with Gasteiger partial charge in [-0.25, -0.2) is 4.98 Å². The van der Waals surface area contributed by atoms with Crippen LogP contribution in [0.5, 0.6) is 11.5 Å². The van der Waals surface area contributed by atoms with E-state index in [1.54, 1.807) is 30.5 Å². The molecule has 0 fully saturated rings. The molecule has 1 aliphatic heterocycles. The highest BCUT2D eigenvalue weighted by Gasteiger charge is 2.15. The summed E-state index contributed by atoms with van der Waals surface area (Å²) < 4.78 is 10.6. The quantitative estimate of drug-likeness (QED) is 0.743. The molecule has 0 aliphatic carbocycles. The van der Waals surface area contributed by atoms with Crippen LogP contribution in [0.15, 0.2) is 60.8 Å². The monoisotopic (exact) mass is 347 g/mol. The number of amides is 1. The number of carbonyl (C=O) groups is 1. The summed E-state index contributed by atoms with van der Waals surface area (Å²) in [5, 5.41) is 6.07. The Balaban J connectivity index is 1.43. The third kappa shape index (κ3) is 3.44. The number of aryl methyl sites for hydroxylation is 1. The van der Waals surface area contributed by atoms with Crippen LogP contribution in [0.4, 0.5) is 17.1 Å². The van der Waals surface area contributed by atoms with Crippen LogP contribution in [0.1, 0.15) is 16.1 Å². The first-order valence-corrected chi connectivity index (χ1v) is 8.18. The Morgan fingerprint density at radius 3 is 2.62 bits per heavy atom. The number of fused-ring (bicyclic) bond motifs is 1. The largest absolute Gasteiger partial charge is 0.454 e. The zero-order chi connectivity index (χ0) is 17.9. The molecule has 3 aromatic rings. The molecule has 0 radical (unpaired) electrons. The molecule has 4 rings (SSSR count). The summed E-state index contributed by atoms with van der Waals surface area (Å²) in [7, 11) is 0. The summed E-state index contributed by atoms with van der Waals surface area (Å²) >= 11 is 0. The van der Waals surface area contributed by atoms with Gasteiger partial charge < -0.3 is 20.1 Å². The molecule has 0 atom stereocenters. The van der Waals surface area contributed by atoms with Gasteiger partial charge in [0.15, 0.2) is 11.5 Å². The smallest absolute Gasteiger partial charge is 0.274 e. The van der Waals surface area contributed by atoms with E-state index in [2.05, 4.69) is 15.6 Å². The fourth-order valence-electron chi connectivity index (χ4n) is 2.66. The Labute approximate surface area is 150 Å². The van der Waals surface area contributed by atoms with Gasteiger partial charge in [0, 0.05) is 17.4 Å². The minimum absolute atomic E-state index is 0.198. The predicted molar refractivity (Wildman–Crippen MR) is 99.2 cm³/mol. The van der Waals surface area contributed by atoms with Crippen molar-refractivity contribution in [2.45, 2.75) is 6.92 Å². The Kier molecular flexibility index (Phi) is 4.15. The van der Waals surface area contributed by atoms with Crippen LogP contribution in [0.3, 0.4) is 0 Å². The van der Waals surface area contributed by atoms with Crippen molar-refractivity contribution < 1.29 is 14.3 Å². The fourth-order valence-corrected chi connectivity index (χ4v) is 2.66. The van der Waals surface area contributed by atoms with Gasteiger partial charge in [-0.2, -0.15) is 0 Å². The minimum atomic E-state index is -0.286. The lowest BCUT2D eigenvalue weighted by Crippen LogP contribution is -2.13. The summed E-state index contributed by atoms with van der Waals surface area (Å²) in [5.41, 5.74) is 3.92. The van der Waals surface area contributed by atoms with Crippen LogP contribution in [0.25, 0.3) is 0 Å². The van der Waals surface area contributed by atoms with Gasteiger partial charge in [0.2, 0.25) is 6.79 Å². The molecule has 2 aromatic carbocycles. The second-order valence-corrected chi connectivity index (χ2v) is 5.95. The third-order valence-electron chi connectivity index (χ3n) is 3.93. The molecule has 6 heteroatoms. The average Bonchev–Trinajstić information content (AvgIpc) is 3.10. The number of hydrogen-bond acceptors (Lipinski definition) is 5. The molecule has 2 heterocycles. The highest BCUT2D eigenvalue weighted by Crippen LogP contribution is 2.34. The first-order valence-electron chi connectivity index (χ1n) is 8.18. The fraction of sp³-hybridized carbons (Fsp3) is 0.100. The molecule has 0 saturated heterocycles. The Hall–Kier alpha value is -3.54. The van der Waals surface area contributed by atoms with Crippen molar-refractivity contribution >= 4 is 23.0 Å². The highest BCUT2D eigenvalue weighted by atomic mass is 16.7. The summed E-state index contributed by atoms with van der Waals surface area (Å²) in [5.74, 6) is 1.01. The molecule has 0 unspecified atom stereocenters. The summed E-state index contributed by atoms with van der Waals surface area (Å²) in [6.45, 7) is 2.23.